The normalized spacial score (nSPS) is 22.2. The van der Waals surface area contributed by atoms with Crippen LogP contribution in [0.5, 0.6) is 5.75 Å². The molecule has 1 heterocycles. The number of rotatable bonds is 7. The van der Waals surface area contributed by atoms with E-state index < -0.39 is 34.0 Å². The highest BCUT2D eigenvalue weighted by molar-refractivity contribution is 7.89. The molecule has 3 atom stereocenters. The lowest BCUT2D eigenvalue weighted by Crippen LogP contribution is -2.42. The maximum absolute atomic E-state index is 13.1. The molecule has 1 aromatic carbocycles. The highest BCUT2D eigenvalue weighted by atomic mass is 32.2. The molecule has 3 amide bonds. The van der Waals surface area contributed by atoms with Gasteiger partial charge in [0.25, 0.3) is 5.91 Å². The van der Waals surface area contributed by atoms with Gasteiger partial charge in [-0.3, -0.25) is 9.69 Å². The van der Waals surface area contributed by atoms with Crippen molar-refractivity contribution in [2.75, 3.05) is 20.2 Å². The van der Waals surface area contributed by atoms with E-state index in [1.54, 1.807) is 0 Å². The van der Waals surface area contributed by atoms with Crippen LogP contribution in [0.4, 0.5) is 4.79 Å². The molecule has 1 aromatic rings. The first-order valence-corrected chi connectivity index (χ1v) is 12.1. The van der Waals surface area contributed by atoms with Gasteiger partial charge in [-0.05, 0) is 43.9 Å². The predicted octanol–water partition coefficient (Wildman–Crippen LogP) is 1.65. The van der Waals surface area contributed by atoms with E-state index in [-0.39, 0.29) is 34.7 Å². The van der Waals surface area contributed by atoms with Crippen LogP contribution in [0.3, 0.4) is 0 Å². The molecule has 0 spiro atoms. The largest absolute Gasteiger partial charge is 0.495 e. The van der Waals surface area contributed by atoms with Crippen LogP contribution in [-0.4, -0.2) is 63.6 Å². The summed E-state index contributed by atoms with van der Waals surface area (Å²) in [4.78, 5) is 37.4. The van der Waals surface area contributed by atoms with Gasteiger partial charge in [-0.2, -0.15) is 0 Å². The molecule has 3 rings (SSSR count). The molecule has 10 nitrogen and oxygen atoms in total. The van der Waals surface area contributed by atoms with Gasteiger partial charge in [0.05, 0.1) is 12.7 Å². The van der Waals surface area contributed by atoms with Crippen molar-refractivity contribution in [2.45, 2.75) is 56.6 Å². The Morgan fingerprint density at radius 2 is 1.97 bits per heavy atom. The van der Waals surface area contributed by atoms with Crippen LogP contribution in [0.1, 0.15) is 49.9 Å². The highest BCUT2D eigenvalue weighted by Crippen LogP contribution is 2.29. The Hall–Kier alpha value is -2.66. The van der Waals surface area contributed by atoms with Crippen molar-refractivity contribution in [1.82, 2.24) is 14.9 Å². The Kier molecular flexibility index (Phi) is 7.40. The molecular weight excluding hydrogens is 438 g/mol. The zero-order valence-corrected chi connectivity index (χ0v) is 19.2. The minimum absolute atomic E-state index is 0.0478. The van der Waals surface area contributed by atoms with Gasteiger partial charge in [0, 0.05) is 19.1 Å². The van der Waals surface area contributed by atoms with E-state index >= 15 is 0 Å². The van der Waals surface area contributed by atoms with Crippen LogP contribution in [0, 0.1) is 5.92 Å². The number of ether oxygens (including phenoxy) is 2. The molecule has 1 saturated heterocycles. The number of sulfonamides is 1. The van der Waals surface area contributed by atoms with Gasteiger partial charge in [-0.1, -0.05) is 19.8 Å². The minimum Gasteiger partial charge on any atom is -0.495 e. The van der Waals surface area contributed by atoms with E-state index in [0.29, 0.717) is 6.54 Å². The van der Waals surface area contributed by atoms with Crippen molar-refractivity contribution in [3.8, 4) is 5.75 Å². The molecule has 1 aliphatic carbocycles. The molecule has 0 bridgehead atoms. The summed E-state index contributed by atoms with van der Waals surface area (Å²) in [6, 6.07) is 3.17. The van der Waals surface area contributed by atoms with Crippen molar-refractivity contribution in [3.05, 3.63) is 23.8 Å². The summed E-state index contributed by atoms with van der Waals surface area (Å²) in [5, 5.41) is 2.50. The topological polar surface area (TPSA) is 131 Å². The molecule has 1 saturated carbocycles. The van der Waals surface area contributed by atoms with Crippen LogP contribution in [0.15, 0.2) is 23.1 Å². The van der Waals surface area contributed by atoms with E-state index in [4.69, 9.17) is 9.47 Å². The zero-order chi connectivity index (χ0) is 23.5. The molecule has 0 aromatic heterocycles. The van der Waals surface area contributed by atoms with Gasteiger partial charge >= 0.3 is 12.0 Å². The molecule has 2 fully saturated rings. The van der Waals surface area contributed by atoms with Crippen LogP contribution < -0.4 is 14.8 Å². The van der Waals surface area contributed by atoms with Crippen LogP contribution in [0.25, 0.3) is 0 Å². The monoisotopic (exact) mass is 467 g/mol. The number of urea groups is 1. The molecule has 0 unspecified atom stereocenters. The molecule has 2 aliphatic rings. The number of nitrogens with zero attached hydrogens (tertiary/aromatic N) is 1. The van der Waals surface area contributed by atoms with E-state index in [9.17, 15) is 22.8 Å². The van der Waals surface area contributed by atoms with Crippen molar-refractivity contribution >= 4 is 27.9 Å². The average molecular weight is 468 g/mol. The Balaban J connectivity index is 1.78. The fourth-order valence-electron chi connectivity index (χ4n) is 3.95. The van der Waals surface area contributed by atoms with E-state index in [2.05, 4.69) is 10.0 Å². The summed E-state index contributed by atoms with van der Waals surface area (Å²) in [6.45, 7) is 3.89. The average Bonchev–Trinajstić information content (AvgIpc) is 3.19. The standard InChI is InChI=1S/C21H29N3O7S/c1-13-6-4-5-7-16(13)23-32(28,29)18-12-15(8-9-17(18)30-3)20(26)31-14(2)19(25)24-11-10-22-21(24)27/h8-9,12-14,16,23H,4-7,10-11H2,1-3H3,(H,22,27)/t13-,14-,16-/m1/s1. The summed E-state index contributed by atoms with van der Waals surface area (Å²) in [6.07, 6.45) is 2.49. The fraction of sp³-hybridized carbons (Fsp3) is 0.571. The summed E-state index contributed by atoms with van der Waals surface area (Å²) in [7, 11) is -2.62. The molecule has 1 aliphatic heterocycles. The number of benzene rings is 1. The molecule has 0 radical (unpaired) electrons. The lowest BCUT2D eigenvalue weighted by molar-refractivity contribution is -0.136. The van der Waals surface area contributed by atoms with Crippen LogP contribution in [0.2, 0.25) is 0 Å². The Morgan fingerprint density at radius 3 is 2.59 bits per heavy atom. The van der Waals surface area contributed by atoms with Gasteiger partial charge < -0.3 is 14.8 Å². The van der Waals surface area contributed by atoms with E-state index in [1.807, 2.05) is 6.92 Å². The number of carbonyl (C=O) groups excluding carboxylic acids is 3. The maximum Gasteiger partial charge on any atom is 0.338 e. The lowest BCUT2D eigenvalue weighted by atomic mass is 9.87. The highest BCUT2D eigenvalue weighted by Gasteiger charge is 2.33. The van der Waals surface area contributed by atoms with Crippen molar-refractivity contribution in [3.63, 3.8) is 0 Å². The number of carbonyl (C=O) groups is 3. The summed E-state index contributed by atoms with van der Waals surface area (Å²) in [5.41, 5.74) is -0.0478. The van der Waals surface area contributed by atoms with Crippen molar-refractivity contribution in [2.24, 2.45) is 5.92 Å². The molecule has 2 N–H and O–H groups in total. The second-order valence-corrected chi connectivity index (χ2v) is 9.81. The Labute approximate surface area is 187 Å². The van der Waals surface area contributed by atoms with Crippen LogP contribution in [-0.2, 0) is 19.6 Å². The predicted molar refractivity (Wildman–Crippen MR) is 115 cm³/mol. The van der Waals surface area contributed by atoms with Crippen molar-refractivity contribution in [1.29, 1.82) is 0 Å². The first kappa shape index (κ1) is 24.0. The van der Waals surface area contributed by atoms with Gasteiger partial charge in [-0.25, -0.2) is 22.7 Å². The molecular formula is C21H29N3O7S. The lowest BCUT2D eigenvalue weighted by Gasteiger charge is -2.29. The van der Waals surface area contributed by atoms with Gasteiger partial charge in [0.15, 0.2) is 6.10 Å². The van der Waals surface area contributed by atoms with Gasteiger partial charge in [0.1, 0.15) is 10.6 Å². The third-order valence-corrected chi connectivity index (χ3v) is 7.37. The van der Waals surface area contributed by atoms with Crippen LogP contribution >= 0.6 is 0 Å². The molecule has 11 heteroatoms. The zero-order valence-electron chi connectivity index (χ0n) is 18.4. The number of hydrogen-bond acceptors (Lipinski definition) is 7. The number of esters is 1. The summed E-state index contributed by atoms with van der Waals surface area (Å²) >= 11 is 0. The number of amides is 3. The van der Waals surface area contributed by atoms with E-state index in [0.717, 1.165) is 30.6 Å². The first-order valence-electron chi connectivity index (χ1n) is 10.6. The second-order valence-electron chi connectivity index (χ2n) is 8.12. The summed E-state index contributed by atoms with van der Waals surface area (Å²) < 4.78 is 39.3. The summed E-state index contributed by atoms with van der Waals surface area (Å²) in [5.74, 6) is -1.24. The Morgan fingerprint density at radius 1 is 1.25 bits per heavy atom. The number of methoxy groups -OCH3 is 1. The van der Waals surface area contributed by atoms with Gasteiger partial charge in [-0.15, -0.1) is 0 Å². The molecule has 176 valence electrons. The smallest absolute Gasteiger partial charge is 0.338 e. The fourth-order valence-corrected chi connectivity index (χ4v) is 5.52. The third kappa shape index (κ3) is 5.21. The second kappa shape index (κ2) is 9.86. The first-order chi connectivity index (χ1) is 15.1. The third-order valence-electron chi connectivity index (χ3n) is 5.86. The quantitative estimate of drug-likeness (QED) is 0.583. The van der Waals surface area contributed by atoms with Gasteiger partial charge in [0.2, 0.25) is 10.0 Å². The number of hydrogen-bond donors (Lipinski definition) is 2. The maximum atomic E-state index is 13.1. The Bertz CT molecular complexity index is 995. The minimum atomic E-state index is -3.97. The van der Waals surface area contributed by atoms with Crippen molar-refractivity contribution < 1.29 is 32.3 Å². The van der Waals surface area contributed by atoms with E-state index in [1.165, 1.54) is 32.2 Å². The number of nitrogens with one attached hydrogen (secondary N) is 2. The molecule has 32 heavy (non-hydrogen) atoms. The number of imide groups is 1. The SMILES string of the molecule is COc1ccc(C(=O)O[C@H](C)C(=O)N2CCNC2=O)cc1S(=O)(=O)N[C@@H]1CCCC[C@H]1C.